The fraction of sp³-hybridized carbons (Fsp3) is 0.303. The Balaban J connectivity index is 1.66. The molecule has 3 aromatic carbocycles. The summed E-state index contributed by atoms with van der Waals surface area (Å²) in [5, 5.41) is 3.05. The van der Waals surface area contributed by atoms with Gasteiger partial charge in [-0.25, -0.2) is 0 Å². The summed E-state index contributed by atoms with van der Waals surface area (Å²) < 4.78 is 10.9. The van der Waals surface area contributed by atoms with E-state index in [1.807, 2.05) is 86.4 Å². The molecule has 7 nitrogen and oxygen atoms in total. The summed E-state index contributed by atoms with van der Waals surface area (Å²) in [6, 6.07) is 18.8. The van der Waals surface area contributed by atoms with E-state index in [0.29, 0.717) is 22.7 Å². The summed E-state index contributed by atoms with van der Waals surface area (Å²) in [6.45, 7) is 5.59. The Morgan fingerprint density at radius 1 is 0.925 bits per heavy atom. The number of anilines is 2. The zero-order chi connectivity index (χ0) is 28.4. The van der Waals surface area contributed by atoms with E-state index >= 15 is 0 Å². The highest BCUT2D eigenvalue weighted by Gasteiger charge is 2.70. The number of hydrogen-bond acceptors (Lipinski definition) is 6. The molecule has 0 saturated carbocycles. The van der Waals surface area contributed by atoms with Gasteiger partial charge in [0, 0.05) is 22.4 Å². The number of Topliss-reactive ketones (excluding diaryl/α,β-unsaturated/α-hetero) is 2. The fourth-order valence-corrected chi connectivity index (χ4v) is 6.73. The molecule has 0 bridgehead atoms. The molecule has 1 fully saturated rings. The SMILES string of the molecule is COc1ccc(C(=O)[C@@H]2[C@H](C(=O)C(C)(C)C)N3c4ccccc4C=C[C@@H]3[C@@]23C(=O)Nc2ccccc23)cc1OC. The summed E-state index contributed by atoms with van der Waals surface area (Å²) in [4.78, 5) is 45.7. The first-order chi connectivity index (χ1) is 19.1. The van der Waals surface area contributed by atoms with Crippen LogP contribution >= 0.6 is 0 Å². The highest BCUT2D eigenvalue weighted by Crippen LogP contribution is 2.58. The molecule has 0 unspecified atom stereocenters. The van der Waals surface area contributed by atoms with Crippen LogP contribution in [0.1, 0.15) is 42.3 Å². The molecule has 3 aliphatic heterocycles. The molecule has 1 spiro atoms. The van der Waals surface area contributed by atoms with Crippen LogP contribution in [0.4, 0.5) is 11.4 Å². The second-order valence-corrected chi connectivity index (χ2v) is 11.6. The van der Waals surface area contributed by atoms with Crippen molar-refractivity contribution in [2.75, 3.05) is 24.4 Å². The van der Waals surface area contributed by atoms with E-state index < -0.39 is 28.8 Å². The van der Waals surface area contributed by atoms with Gasteiger partial charge < -0.3 is 19.7 Å². The molecule has 1 N–H and O–H groups in total. The number of benzene rings is 3. The molecule has 3 heterocycles. The molecular formula is C33H32N2O5. The highest BCUT2D eigenvalue weighted by atomic mass is 16.5. The van der Waals surface area contributed by atoms with Crippen LogP contribution in [0.5, 0.6) is 11.5 Å². The van der Waals surface area contributed by atoms with E-state index in [0.717, 1.165) is 16.8 Å². The van der Waals surface area contributed by atoms with Crippen LogP contribution < -0.4 is 19.7 Å². The molecule has 0 aliphatic carbocycles. The summed E-state index contributed by atoms with van der Waals surface area (Å²) in [7, 11) is 3.04. The first-order valence-electron chi connectivity index (χ1n) is 13.4. The smallest absolute Gasteiger partial charge is 0.238 e. The van der Waals surface area contributed by atoms with Gasteiger partial charge in [0.15, 0.2) is 23.1 Å². The second-order valence-electron chi connectivity index (χ2n) is 11.6. The van der Waals surface area contributed by atoms with Gasteiger partial charge in [0.2, 0.25) is 5.91 Å². The lowest BCUT2D eigenvalue weighted by molar-refractivity contribution is -0.128. The van der Waals surface area contributed by atoms with Crippen molar-refractivity contribution in [2.24, 2.45) is 11.3 Å². The number of amides is 1. The number of nitrogens with one attached hydrogen (secondary N) is 1. The van der Waals surface area contributed by atoms with Crippen LogP contribution in [-0.4, -0.2) is 43.8 Å². The minimum absolute atomic E-state index is 0.101. The topological polar surface area (TPSA) is 84.9 Å². The number of nitrogens with zero attached hydrogens (tertiary/aromatic N) is 1. The molecule has 0 aromatic heterocycles. The lowest BCUT2D eigenvalue weighted by Gasteiger charge is -2.38. The zero-order valence-electron chi connectivity index (χ0n) is 23.2. The molecule has 1 saturated heterocycles. The molecule has 0 radical (unpaired) electrons. The molecule has 7 heteroatoms. The van der Waals surface area contributed by atoms with Crippen molar-refractivity contribution in [3.05, 3.63) is 89.5 Å². The number of para-hydroxylation sites is 2. The summed E-state index contributed by atoms with van der Waals surface area (Å²) in [6.07, 6.45) is 3.98. The van der Waals surface area contributed by atoms with E-state index in [-0.39, 0.29) is 17.5 Å². The summed E-state index contributed by atoms with van der Waals surface area (Å²) in [5.41, 5.74) is 1.39. The number of ether oxygens (including phenoxy) is 2. The van der Waals surface area contributed by atoms with E-state index in [2.05, 4.69) is 5.32 Å². The predicted molar refractivity (Wildman–Crippen MR) is 154 cm³/mol. The number of carbonyl (C=O) groups is 3. The number of fused-ring (bicyclic) bond motifs is 6. The van der Waals surface area contributed by atoms with Gasteiger partial charge in [-0.3, -0.25) is 14.4 Å². The van der Waals surface area contributed by atoms with Gasteiger partial charge in [0.05, 0.1) is 26.2 Å². The van der Waals surface area contributed by atoms with Gasteiger partial charge in [-0.15, -0.1) is 0 Å². The van der Waals surface area contributed by atoms with Crippen molar-refractivity contribution >= 4 is 34.9 Å². The van der Waals surface area contributed by atoms with Crippen molar-refractivity contribution in [1.29, 1.82) is 0 Å². The molecule has 3 aromatic rings. The Kier molecular flexibility index (Phi) is 5.87. The third-order valence-corrected chi connectivity index (χ3v) is 8.50. The molecule has 6 rings (SSSR count). The third kappa shape index (κ3) is 3.46. The van der Waals surface area contributed by atoms with Crippen molar-refractivity contribution in [3.8, 4) is 11.5 Å². The Morgan fingerprint density at radius 3 is 2.35 bits per heavy atom. The third-order valence-electron chi connectivity index (χ3n) is 8.50. The Morgan fingerprint density at radius 2 is 1.62 bits per heavy atom. The number of carbonyl (C=O) groups excluding carboxylic acids is 3. The number of ketones is 2. The molecule has 1 amide bonds. The Hall–Kier alpha value is -4.39. The number of hydrogen-bond donors (Lipinski definition) is 1. The van der Waals surface area contributed by atoms with Crippen LogP contribution in [0, 0.1) is 11.3 Å². The maximum absolute atomic E-state index is 14.8. The van der Waals surface area contributed by atoms with Crippen LogP contribution in [0.2, 0.25) is 0 Å². The van der Waals surface area contributed by atoms with Gasteiger partial charge in [-0.2, -0.15) is 0 Å². The second kappa shape index (κ2) is 9.08. The van der Waals surface area contributed by atoms with Gasteiger partial charge in [-0.1, -0.05) is 69.3 Å². The molecule has 4 atom stereocenters. The maximum atomic E-state index is 14.8. The normalized spacial score (nSPS) is 24.3. The van der Waals surface area contributed by atoms with Crippen LogP contribution in [0.25, 0.3) is 6.08 Å². The highest BCUT2D eigenvalue weighted by molar-refractivity contribution is 6.17. The van der Waals surface area contributed by atoms with Gasteiger partial charge in [0.1, 0.15) is 11.5 Å². The number of methoxy groups -OCH3 is 2. The number of rotatable bonds is 5. The zero-order valence-corrected chi connectivity index (χ0v) is 23.2. The fourth-order valence-electron chi connectivity index (χ4n) is 6.73. The average molecular weight is 537 g/mol. The van der Waals surface area contributed by atoms with Crippen molar-refractivity contribution in [3.63, 3.8) is 0 Å². The Bertz CT molecular complexity index is 1590. The monoisotopic (exact) mass is 536 g/mol. The summed E-state index contributed by atoms with van der Waals surface area (Å²) in [5.74, 6) is -0.803. The first kappa shape index (κ1) is 25.9. The Labute approximate surface area is 233 Å². The van der Waals surface area contributed by atoms with E-state index in [9.17, 15) is 14.4 Å². The molecular weight excluding hydrogens is 504 g/mol. The largest absolute Gasteiger partial charge is 0.493 e. The first-order valence-corrected chi connectivity index (χ1v) is 13.4. The van der Waals surface area contributed by atoms with Crippen molar-refractivity contribution < 1.29 is 23.9 Å². The predicted octanol–water partition coefficient (Wildman–Crippen LogP) is 5.29. The van der Waals surface area contributed by atoms with Crippen LogP contribution in [0.3, 0.4) is 0 Å². The molecule has 204 valence electrons. The van der Waals surface area contributed by atoms with Gasteiger partial charge in [0.25, 0.3) is 0 Å². The molecule has 40 heavy (non-hydrogen) atoms. The standard InChI is InChI=1S/C33H32N2O5/c1-32(2,3)30(37)28-27(29(36)20-14-16-24(39-4)25(18-20)40-5)33(21-11-7-8-12-22(21)34-31(33)38)26-17-15-19-10-6-9-13-23(19)35(26)28/h6-18,26-28H,1-5H3,(H,34,38)/t26-,27+,28-,33-/m1/s1. The quantitative estimate of drug-likeness (QED) is 0.446. The summed E-state index contributed by atoms with van der Waals surface area (Å²) >= 11 is 0. The van der Waals surface area contributed by atoms with E-state index in [4.69, 9.17) is 9.47 Å². The van der Waals surface area contributed by atoms with Gasteiger partial charge in [-0.05, 0) is 41.5 Å². The van der Waals surface area contributed by atoms with E-state index in [1.54, 1.807) is 18.2 Å². The van der Waals surface area contributed by atoms with Crippen molar-refractivity contribution in [1.82, 2.24) is 0 Å². The minimum atomic E-state index is -1.34. The lowest BCUT2D eigenvalue weighted by Crippen LogP contribution is -2.51. The van der Waals surface area contributed by atoms with Crippen LogP contribution in [-0.2, 0) is 15.0 Å². The van der Waals surface area contributed by atoms with Crippen LogP contribution in [0.15, 0.2) is 72.8 Å². The average Bonchev–Trinajstić information content (AvgIpc) is 3.43. The van der Waals surface area contributed by atoms with Crippen molar-refractivity contribution in [2.45, 2.75) is 38.3 Å². The minimum Gasteiger partial charge on any atom is -0.493 e. The van der Waals surface area contributed by atoms with Gasteiger partial charge >= 0.3 is 0 Å². The lowest BCUT2D eigenvalue weighted by atomic mass is 9.63. The van der Waals surface area contributed by atoms with E-state index in [1.165, 1.54) is 14.2 Å². The maximum Gasteiger partial charge on any atom is 0.238 e. The molecule has 3 aliphatic rings.